The molecule has 0 spiro atoms. The van der Waals surface area contributed by atoms with Crippen molar-refractivity contribution in [1.29, 1.82) is 0 Å². The van der Waals surface area contributed by atoms with Gasteiger partial charge in [0.2, 0.25) is 5.91 Å². The Morgan fingerprint density at radius 3 is 2.56 bits per heavy atom. The van der Waals surface area contributed by atoms with Crippen molar-refractivity contribution in [2.75, 3.05) is 0 Å². The fourth-order valence-corrected chi connectivity index (χ4v) is 3.56. The van der Waals surface area contributed by atoms with Gasteiger partial charge in [-0.2, -0.15) is 0 Å². The highest BCUT2D eigenvalue weighted by atomic mass is 32.1. The molecule has 0 aliphatic carbocycles. The molecule has 3 rings (SSSR count). The first-order valence-corrected chi connectivity index (χ1v) is 9.21. The van der Waals surface area contributed by atoms with Crippen LogP contribution in [0.1, 0.15) is 20.8 Å². The molecule has 0 aliphatic rings. The molecular formula is C19H20N4O3S. The van der Waals surface area contributed by atoms with Crippen LogP contribution < -0.4 is 16.2 Å². The number of benzene rings is 1. The predicted molar refractivity (Wildman–Crippen MR) is 106 cm³/mol. The molecular weight excluding hydrogens is 364 g/mol. The highest BCUT2D eigenvalue weighted by molar-refractivity contribution is 7.22. The number of hydrogen-bond acceptors (Lipinski definition) is 5. The van der Waals surface area contributed by atoms with Gasteiger partial charge in [-0.25, -0.2) is 9.78 Å². The zero-order chi connectivity index (χ0) is 19.6. The van der Waals surface area contributed by atoms with E-state index in [9.17, 15) is 14.4 Å². The largest absolute Gasteiger partial charge is 0.333 e. The van der Waals surface area contributed by atoms with Gasteiger partial charge < -0.3 is 5.32 Å². The SMILES string of the molecule is CC(C)(C)NC(=O)NC(=O)Cn1cnc2cc(-c3ccccc3)sc2c1=O. The highest BCUT2D eigenvalue weighted by Crippen LogP contribution is 2.30. The van der Waals surface area contributed by atoms with Gasteiger partial charge in [-0.3, -0.25) is 19.5 Å². The van der Waals surface area contributed by atoms with Crippen molar-refractivity contribution in [1.82, 2.24) is 20.2 Å². The van der Waals surface area contributed by atoms with Crippen LogP contribution in [0.2, 0.25) is 0 Å². The van der Waals surface area contributed by atoms with Gasteiger partial charge in [-0.1, -0.05) is 30.3 Å². The molecule has 0 radical (unpaired) electrons. The number of thiophene rings is 1. The van der Waals surface area contributed by atoms with E-state index in [4.69, 9.17) is 0 Å². The number of carbonyl (C=O) groups excluding carboxylic acids is 2. The van der Waals surface area contributed by atoms with E-state index in [1.165, 1.54) is 22.2 Å². The number of rotatable bonds is 3. The summed E-state index contributed by atoms with van der Waals surface area (Å²) in [7, 11) is 0. The van der Waals surface area contributed by atoms with Crippen LogP contribution >= 0.6 is 11.3 Å². The molecule has 140 valence electrons. The van der Waals surface area contributed by atoms with Crippen LogP contribution in [-0.2, 0) is 11.3 Å². The van der Waals surface area contributed by atoms with E-state index in [2.05, 4.69) is 15.6 Å². The van der Waals surface area contributed by atoms with Crippen LogP contribution in [0.25, 0.3) is 20.7 Å². The van der Waals surface area contributed by atoms with E-state index in [1.807, 2.05) is 36.4 Å². The summed E-state index contributed by atoms with van der Waals surface area (Å²) in [4.78, 5) is 41.7. The number of fused-ring (bicyclic) bond motifs is 1. The molecule has 0 atom stereocenters. The quantitative estimate of drug-likeness (QED) is 0.726. The first-order valence-electron chi connectivity index (χ1n) is 8.39. The van der Waals surface area contributed by atoms with Crippen LogP contribution in [0, 0.1) is 0 Å². The third-order valence-electron chi connectivity index (χ3n) is 3.62. The smallest absolute Gasteiger partial charge is 0.321 e. The Kier molecular flexibility index (Phi) is 5.09. The third-order valence-corrected chi connectivity index (χ3v) is 4.78. The number of hydrogen-bond donors (Lipinski definition) is 2. The molecule has 0 bridgehead atoms. The van der Waals surface area contributed by atoms with Crippen LogP contribution in [0.15, 0.2) is 47.5 Å². The van der Waals surface area contributed by atoms with Gasteiger partial charge in [0.25, 0.3) is 5.56 Å². The van der Waals surface area contributed by atoms with Crippen molar-refractivity contribution in [3.63, 3.8) is 0 Å². The monoisotopic (exact) mass is 384 g/mol. The molecule has 27 heavy (non-hydrogen) atoms. The Morgan fingerprint density at radius 2 is 1.89 bits per heavy atom. The maximum Gasteiger partial charge on any atom is 0.321 e. The van der Waals surface area contributed by atoms with Crippen molar-refractivity contribution in [3.05, 3.63) is 53.1 Å². The molecule has 7 nitrogen and oxygen atoms in total. The zero-order valence-corrected chi connectivity index (χ0v) is 16.1. The summed E-state index contributed by atoms with van der Waals surface area (Å²) < 4.78 is 1.68. The molecule has 0 fully saturated rings. The van der Waals surface area contributed by atoms with Gasteiger partial charge in [-0.05, 0) is 32.4 Å². The van der Waals surface area contributed by atoms with Crippen LogP contribution in [0.4, 0.5) is 4.79 Å². The maximum atomic E-state index is 12.7. The Morgan fingerprint density at radius 1 is 1.19 bits per heavy atom. The molecule has 0 saturated carbocycles. The second-order valence-corrected chi connectivity index (χ2v) is 8.17. The number of nitrogens with zero attached hydrogens (tertiary/aromatic N) is 2. The van der Waals surface area contributed by atoms with Crippen molar-refractivity contribution >= 4 is 33.5 Å². The Bertz CT molecular complexity index is 1050. The number of urea groups is 1. The second kappa shape index (κ2) is 7.32. The molecule has 2 heterocycles. The summed E-state index contributed by atoms with van der Waals surface area (Å²) in [6, 6.07) is 11.0. The van der Waals surface area contributed by atoms with Gasteiger partial charge in [0, 0.05) is 10.4 Å². The lowest BCUT2D eigenvalue weighted by Crippen LogP contribution is -2.49. The molecule has 0 unspecified atom stereocenters. The van der Waals surface area contributed by atoms with Crippen LogP contribution in [0.5, 0.6) is 0 Å². The number of carbonyl (C=O) groups is 2. The van der Waals surface area contributed by atoms with E-state index in [-0.39, 0.29) is 12.1 Å². The lowest BCUT2D eigenvalue weighted by atomic mass is 10.1. The van der Waals surface area contributed by atoms with Gasteiger partial charge >= 0.3 is 6.03 Å². The maximum absolute atomic E-state index is 12.7. The molecule has 2 N–H and O–H groups in total. The van der Waals surface area contributed by atoms with E-state index in [0.29, 0.717) is 10.2 Å². The van der Waals surface area contributed by atoms with Crippen molar-refractivity contribution in [3.8, 4) is 10.4 Å². The average Bonchev–Trinajstić information content (AvgIpc) is 3.01. The van der Waals surface area contributed by atoms with E-state index < -0.39 is 17.5 Å². The Labute approximate surface area is 160 Å². The molecule has 0 saturated heterocycles. The lowest BCUT2D eigenvalue weighted by Gasteiger charge is -2.20. The zero-order valence-electron chi connectivity index (χ0n) is 15.3. The standard InChI is InChI=1S/C19H20N4O3S/c1-19(2,3)22-18(26)21-15(24)10-23-11-20-13-9-14(27-16(13)17(23)25)12-7-5-4-6-8-12/h4-9,11H,10H2,1-3H3,(H2,21,22,24,26). The van der Waals surface area contributed by atoms with E-state index in [0.717, 1.165) is 10.4 Å². The molecule has 8 heteroatoms. The molecule has 3 amide bonds. The van der Waals surface area contributed by atoms with Crippen molar-refractivity contribution < 1.29 is 9.59 Å². The highest BCUT2D eigenvalue weighted by Gasteiger charge is 2.17. The van der Waals surface area contributed by atoms with Gasteiger partial charge in [0.15, 0.2) is 0 Å². The number of nitrogens with one attached hydrogen (secondary N) is 2. The predicted octanol–water partition coefficient (Wildman–Crippen LogP) is 2.75. The van der Waals surface area contributed by atoms with Crippen molar-refractivity contribution in [2.24, 2.45) is 0 Å². The minimum absolute atomic E-state index is 0.280. The van der Waals surface area contributed by atoms with E-state index >= 15 is 0 Å². The fraction of sp³-hybridized carbons (Fsp3) is 0.263. The minimum Gasteiger partial charge on any atom is -0.333 e. The Balaban J connectivity index is 1.80. The summed E-state index contributed by atoms with van der Waals surface area (Å²) in [5.41, 5.74) is 0.819. The lowest BCUT2D eigenvalue weighted by molar-refractivity contribution is -0.120. The summed E-state index contributed by atoms with van der Waals surface area (Å²) in [6.07, 6.45) is 1.33. The molecule has 2 aromatic heterocycles. The molecule has 3 aromatic rings. The molecule has 1 aromatic carbocycles. The first kappa shape index (κ1) is 18.8. The van der Waals surface area contributed by atoms with E-state index in [1.54, 1.807) is 20.8 Å². The van der Waals surface area contributed by atoms with Gasteiger partial charge in [0.1, 0.15) is 11.2 Å². The van der Waals surface area contributed by atoms with Crippen molar-refractivity contribution in [2.45, 2.75) is 32.9 Å². The van der Waals surface area contributed by atoms with Crippen LogP contribution in [-0.4, -0.2) is 27.0 Å². The minimum atomic E-state index is -0.600. The summed E-state index contributed by atoms with van der Waals surface area (Å²) in [5, 5.41) is 4.85. The number of imide groups is 1. The third kappa shape index (κ3) is 4.59. The van der Waals surface area contributed by atoms with Crippen LogP contribution in [0.3, 0.4) is 0 Å². The second-order valence-electron chi connectivity index (χ2n) is 7.12. The topological polar surface area (TPSA) is 93.1 Å². The summed E-state index contributed by atoms with van der Waals surface area (Å²) in [6.45, 7) is 5.14. The van der Waals surface area contributed by atoms with Gasteiger partial charge in [0.05, 0.1) is 11.8 Å². The number of aromatic nitrogens is 2. The molecule has 0 aliphatic heterocycles. The fourth-order valence-electron chi connectivity index (χ4n) is 2.50. The summed E-state index contributed by atoms with van der Waals surface area (Å²) in [5.74, 6) is -0.583. The number of amides is 3. The first-order chi connectivity index (χ1) is 12.7. The van der Waals surface area contributed by atoms with Gasteiger partial charge in [-0.15, -0.1) is 11.3 Å². The average molecular weight is 384 g/mol. The Hall–Kier alpha value is -3.00. The summed E-state index contributed by atoms with van der Waals surface area (Å²) >= 11 is 1.33. The normalized spacial score (nSPS) is 11.4.